The molecule has 1 rings (SSSR count). The molecule has 0 amide bonds. The number of hydrogen-bond acceptors (Lipinski definition) is 11. The molecule has 0 aliphatic carbocycles. The molecule has 1 aliphatic rings. The van der Waals surface area contributed by atoms with E-state index in [0.717, 1.165) is 70.9 Å². The fourth-order valence-corrected chi connectivity index (χ4v) is 9.07. The summed E-state index contributed by atoms with van der Waals surface area (Å²) in [4.78, 5) is 15.2. The van der Waals surface area contributed by atoms with Gasteiger partial charge in [-0.2, -0.15) is 0 Å². The van der Waals surface area contributed by atoms with E-state index in [2.05, 4.69) is 64.1 Å². The van der Waals surface area contributed by atoms with Gasteiger partial charge in [0, 0.05) is 67.8 Å². The lowest BCUT2D eigenvalue weighted by molar-refractivity contribution is 0.121. The molecule has 1 aliphatic heterocycles. The first kappa shape index (κ1) is 42.0. The molecule has 0 bridgehead atoms. The summed E-state index contributed by atoms with van der Waals surface area (Å²) < 4.78 is 28.3. The summed E-state index contributed by atoms with van der Waals surface area (Å²) in [6, 6.07) is 1.91. The van der Waals surface area contributed by atoms with Crippen molar-refractivity contribution < 1.29 is 22.1 Å². The van der Waals surface area contributed by atoms with Gasteiger partial charge in [0.05, 0.1) is 6.67 Å². The molecule has 11 nitrogen and oxygen atoms in total. The van der Waals surface area contributed by atoms with Crippen molar-refractivity contribution in [3.8, 4) is 0 Å². The van der Waals surface area contributed by atoms with E-state index in [1.807, 2.05) is 0 Å². The predicted octanol–water partition coefficient (Wildman–Crippen LogP) is 2.87. The first-order valence-corrected chi connectivity index (χ1v) is 21.4. The third kappa shape index (κ3) is 18.4. The van der Waals surface area contributed by atoms with E-state index < -0.39 is 17.4 Å². The van der Waals surface area contributed by atoms with Crippen LogP contribution >= 0.6 is 0 Å². The van der Waals surface area contributed by atoms with Gasteiger partial charge in [-0.15, -0.1) is 0 Å². The van der Waals surface area contributed by atoms with Gasteiger partial charge in [0.1, 0.15) is 0 Å². The van der Waals surface area contributed by atoms with Gasteiger partial charge in [-0.1, -0.05) is 0 Å². The third-order valence-electron chi connectivity index (χ3n) is 9.05. The lowest BCUT2D eigenvalue weighted by Gasteiger charge is -2.28. The fourth-order valence-electron chi connectivity index (χ4n) is 5.99. The van der Waals surface area contributed by atoms with E-state index in [0.29, 0.717) is 0 Å². The molecule has 0 unspecified atom stereocenters. The van der Waals surface area contributed by atoms with Crippen molar-refractivity contribution in [2.45, 2.75) is 57.2 Å². The SMILES string of the molecule is CO[Si](C)(CCCN(CCCN(C)C)CCCN1CCN(CCCN(CCCN(C)C)CCC[Si](OC)(OC)OC)C1)OC. The van der Waals surface area contributed by atoms with Crippen molar-refractivity contribution in [1.29, 1.82) is 0 Å². The molecule has 0 aromatic rings. The van der Waals surface area contributed by atoms with Gasteiger partial charge in [0.15, 0.2) is 0 Å². The molecular formula is C31H72N6O5Si2. The summed E-state index contributed by atoms with van der Waals surface area (Å²) >= 11 is 0. The van der Waals surface area contributed by atoms with Crippen LogP contribution in [0, 0.1) is 0 Å². The number of nitrogens with zero attached hydrogens (tertiary/aromatic N) is 6. The number of hydrogen-bond donors (Lipinski definition) is 0. The van der Waals surface area contributed by atoms with Crippen LogP contribution < -0.4 is 0 Å². The molecule has 264 valence electrons. The van der Waals surface area contributed by atoms with Gasteiger partial charge in [0.2, 0.25) is 0 Å². The molecule has 13 heteroatoms. The minimum atomic E-state index is -2.50. The normalized spacial score (nSPS) is 15.7. The summed E-state index contributed by atoms with van der Waals surface area (Å²) in [5, 5.41) is 0. The van der Waals surface area contributed by atoms with Crippen LogP contribution in [0.3, 0.4) is 0 Å². The Bertz CT molecular complexity index is 684. The average molecular weight is 665 g/mol. The molecule has 0 atom stereocenters. The molecule has 0 aromatic carbocycles. The van der Waals surface area contributed by atoms with Crippen molar-refractivity contribution in [3.63, 3.8) is 0 Å². The first-order chi connectivity index (χ1) is 21.0. The topological polar surface area (TPSA) is 65.6 Å². The molecule has 44 heavy (non-hydrogen) atoms. The van der Waals surface area contributed by atoms with Gasteiger partial charge < -0.3 is 41.7 Å². The second kappa shape index (κ2) is 24.2. The molecule has 0 radical (unpaired) electrons. The molecule has 0 aromatic heterocycles. The molecule has 0 saturated carbocycles. The van der Waals surface area contributed by atoms with Crippen molar-refractivity contribution in [2.24, 2.45) is 0 Å². The highest BCUT2D eigenvalue weighted by Crippen LogP contribution is 2.17. The molecular weight excluding hydrogens is 593 g/mol. The Morgan fingerprint density at radius 2 is 0.886 bits per heavy atom. The van der Waals surface area contributed by atoms with Gasteiger partial charge in [-0.25, -0.2) is 0 Å². The van der Waals surface area contributed by atoms with Crippen LogP contribution in [-0.4, -0.2) is 196 Å². The van der Waals surface area contributed by atoms with Crippen LogP contribution in [0.1, 0.15) is 38.5 Å². The average Bonchev–Trinajstić information content (AvgIpc) is 3.46. The highest BCUT2D eigenvalue weighted by Gasteiger charge is 2.37. The van der Waals surface area contributed by atoms with Crippen molar-refractivity contribution in [3.05, 3.63) is 0 Å². The standard InChI is InChI=1S/C31H72N6O5Si2/c1-32(2)17-11-19-34(25-15-29-43(10,38-5)39-6)21-13-23-36-27-28-37(31-36)24-14-22-35(20-12-18-33(3)4)26-16-30-44(40-7,41-8)42-9/h11-31H2,1-10H3. The summed E-state index contributed by atoms with van der Waals surface area (Å²) in [5.74, 6) is 0. The van der Waals surface area contributed by atoms with E-state index in [1.165, 1.54) is 65.0 Å². The molecule has 1 saturated heterocycles. The van der Waals surface area contributed by atoms with Gasteiger partial charge in [-0.3, -0.25) is 9.80 Å². The zero-order valence-corrected chi connectivity index (χ0v) is 32.6. The van der Waals surface area contributed by atoms with Crippen LogP contribution in [0.15, 0.2) is 0 Å². The maximum Gasteiger partial charge on any atom is 0.500 e. The molecule has 1 fully saturated rings. The Kier molecular flexibility index (Phi) is 23.1. The summed E-state index contributed by atoms with van der Waals surface area (Å²) in [7, 11) is 12.9. The Balaban J connectivity index is 2.45. The lowest BCUT2D eigenvalue weighted by atomic mass is 10.3. The maximum absolute atomic E-state index is 5.71. The molecule has 1 heterocycles. The Morgan fingerprint density at radius 3 is 1.27 bits per heavy atom. The van der Waals surface area contributed by atoms with E-state index in [4.69, 9.17) is 22.1 Å². The van der Waals surface area contributed by atoms with E-state index in [9.17, 15) is 0 Å². The predicted molar refractivity (Wildman–Crippen MR) is 188 cm³/mol. The van der Waals surface area contributed by atoms with Gasteiger partial charge >= 0.3 is 17.4 Å². The summed E-state index contributed by atoms with van der Waals surface area (Å²) in [6.45, 7) is 17.1. The van der Waals surface area contributed by atoms with Crippen molar-refractivity contribution >= 4 is 17.4 Å². The van der Waals surface area contributed by atoms with Crippen LogP contribution in [0.25, 0.3) is 0 Å². The zero-order chi connectivity index (χ0) is 32.8. The zero-order valence-electron chi connectivity index (χ0n) is 30.6. The lowest BCUT2D eigenvalue weighted by Crippen LogP contribution is -2.43. The monoisotopic (exact) mass is 665 g/mol. The van der Waals surface area contributed by atoms with Gasteiger partial charge in [0.25, 0.3) is 0 Å². The largest absolute Gasteiger partial charge is 0.500 e. The fraction of sp³-hybridized carbons (Fsp3) is 1.00. The van der Waals surface area contributed by atoms with E-state index >= 15 is 0 Å². The highest BCUT2D eigenvalue weighted by molar-refractivity contribution is 6.65. The van der Waals surface area contributed by atoms with Crippen molar-refractivity contribution in [1.82, 2.24) is 29.4 Å². The first-order valence-electron chi connectivity index (χ1n) is 17.0. The summed E-state index contributed by atoms with van der Waals surface area (Å²) in [5.41, 5.74) is 0. The molecule has 0 spiro atoms. The Labute approximate surface area is 274 Å². The van der Waals surface area contributed by atoms with Gasteiger partial charge in [-0.05, 0) is 132 Å². The smallest absolute Gasteiger partial charge is 0.398 e. The van der Waals surface area contributed by atoms with Crippen molar-refractivity contribution in [2.75, 3.05) is 149 Å². The van der Waals surface area contributed by atoms with Crippen LogP contribution in [-0.2, 0) is 22.1 Å². The van der Waals surface area contributed by atoms with Crippen LogP contribution in [0.5, 0.6) is 0 Å². The third-order valence-corrected chi connectivity index (χ3v) is 14.9. The Hall–Kier alpha value is -0.00623. The second-order valence-corrected chi connectivity index (χ2v) is 19.8. The van der Waals surface area contributed by atoms with E-state index in [1.54, 1.807) is 35.5 Å². The molecule has 0 N–H and O–H groups in total. The highest BCUT2D eigenvalue weighted by atomic mass is 28.4. The maximum atomic E-state index is 5.71. The summed E-state index contributed by atoms with van der Waals surface area (Å²) in [6.07, 6.45) is 7.03. The second-order valence-electron chi connectivity index (χ2n) is 13.1. The van der Waals surface area contributed by atoms with Crippen LogP contribution in [0.4, 0.5) is 0 Å². The quantitative estimate of drug-likeness (QED) is 0.111. The van der Waals surface area contributed by atoms with E-state index in [-0.39, 0.29) is 0 Å². The minimum Gasteiger partial charge on any atom is -0.398 e. The van der Waals surface area contributed by atoms with Crippen LogP contribution in [0.2, 0.25) is 18.6 Å². The minimum absolute atomic E-state index is 0.857. The Morgan fingerprint density at radius 1 is 0.500 bits per heavy atom. The number of rotatable bonds is 29.